The standard InChI is InChI=1S/C27H36FNO3/c1-6-26(5)19-27(16-18-31-26,21-9-11-22(28)12-10-21)15-17-29-24(30)20-7-13-23(14-8-20)32-25(2,3)4/h7-14H,6,15-19H2,1-5H3,(H,29,30). The highest BCUT2D eigenvalue weighted by molar-refractivity contribution is 5.94. The summed E-state index contributed by atoms with van der Waals surface area (Å²) in [5.41, 5.74) is 1.05. The number of rotatable bonds is 7. The molecule has 1 heterocycles. The number of carbonyl (C=O) groups excluding carboxylic acids is 1. The Kier molecular flexibility index (Phi) is 7.29. The highest BCUT2D eigenvalue weighted by Crippen LogP contribution is 2.45. The average Bonchev–Trinajstić information content (AvgIpc) is 2.73. The van der Waals surface area contributed by atoms with Crippen LogP contribution in [0.15, 0.2) is 48.5 Å². The van der Waals surface area contributed by atoms with Gasteiger partial charge in [0.05, 0.1) is 5.60 Å². The van der Waals surface area contributed by atoms with Crippen molar-refractivity contribution >= 4 is 5.91 Å². The molecule has 2 aromatic rings. The molecule has 1 saturated heterocycles. The number of hydrogen-bond donors (Lipinski definition) is 1. The summed E-state index contributed by atoms with van der Waals surface area (Å²) in [4.78, 5) is 12.7. The van der Waals surface area contributed by atoms with Crippen molar-refractivity contribution in [1.29, 1.82) is 0 Å². The van der Waals surface area contributed by atoms with Gasteiger partial charge in [-0.1, -0.05) is 19.1 Å². The van der Waals surface area contributed by atoms with Crippen molar-refractivity contribution in [2.45, 2.75) is 76.9 Å². The van der Waals surface area contributed by atoms with Crippen LogP contribution in [0.5, 0.6) is 5.75 Å². The zero-order valence-electron chi connectivity index (χ0n) is 20.0. The SMILES string of the molecule is CCC1(C)CC(CCNC(=O)c2ccc(OC(C)(C)C)cc2)(c2ccc(F)cc2)CCO1. The Balaban J connectivity index is 1.69. The first kappa shape index (κ1) is 24.2. The lowest BCUT2D eigenvalue weighted by Crippen LogP contribution is -2.47. The second-order valence-corrected chi connectivity index (χ2v) is 10.1. The third-order valence-electron chi connectivity index (χ3n) is 6.38. The van der Waals surface area contributed by atoms with Crippen molar-refractivity contribution < 1.29 is 18.7 Å². The molecule has 0 aliphatic carbocycles. The molecule has 2 aromatic carbocycles. The Hall–Kier alpha value is -2.40. The minimum atomic E-state index is -0.283. The van der Waals surface area contributed by atoms with E-state index in [1.165, 1.54) is 12.1 Å². The fourth-order valence-corrected chi connectivity index (χ4v) is 4.53. The Morgan fingerprint density at radius 2 is 1.78 bits per heavy atom. The third kappa shape index (κ3) is 6.10. The molecule has 2 unspecified atom stereocenters. The van der Waals surface area contributed by atoms with E-state index in [0.717, 1.165) is 37.0 Å². The van der Waals surface area contributed by atoms with Gasteiger partial charge in [-0.05, 0) is 95.3 Å². The second-order valence-electron chi connectivity index (χ2n) is 10.1. The van der Waals surface area contributed by atoms with Crippen molar-refractivity contribution in [2.24, 2.45) is 0 Å². The van der Waals surface area contributed by atoms with Crippen molar-refractivity contribution in [3.8, 4) is 5.75 Å². The van der Waals surface area contributed by atoms with Gasteiger partial charge in [0.2, 0.25) is 0 Å². The molecule has 5 heteroatoms. The van der Waals surface area contributed by atoms with Gasteiger partial charge in [0.1, 0.15) is 17.2 Å². The van der Waals surface area contributed by atoms with E-state index in [2.05, 4.69) is 19.2 Å². The van der Waals surface area contributed by atoms with Gasteiger partial charge in [-0.15, -0.1) is 0 Å². The van der Waals surface area contributed by atoms with Gasteiger partial charge in [0.15, 0.2) is 0 Å². The summed E-state index contributed by atoms with van der Waals surface area (Å²) in [6, 6.07) is 14.0. The average molecular weight is 442 g/mol. The van der Waals surface area contributed by atoms with Crippen LogP contribution in [0.1, 0.15) is 76.2 Å². The van der Waals surface area contributed by atoms with Crippen LogP contribution in [0.2, 0.25) is 0 Å². The molecule has 1 aliphatic rings. The van der Waals surface area contributed by atoms with Gasteiger partial charge >= 0.3 is 0 Å². The molecule has 1 amide bonds. The second kappa shape index (κ2) is 9.62. The largest absolute Gasteiger partial charge is 0.488 e. The molecule has 4 nitrogen and oxygen atoms in total. The molecule has 3 rings (SSSR count). The van der Waals surface area contributed by atoms with E-state index < -0.39 is 0 Å². The summed E-state index contributed by atoms with van der Waals surface area (Å²) < 4.78 is 25.5. The predicted octanol–water partition coefficient (Wildman–Crippen LogP) is 6.04. The smallest absolute Gasteiger partial charge is 0.251 e. The minimum Gasteiger partial charge on any atom is -0.488 e. The van der Waals surface area contributed by atoms with Gasteiger partial charge in [-0.2, -0.15) is 0 Å². The van der Waals surface area contributed by atoms with Crippen molar-refractivity contribution in [2.75, 3.05) is 13.2 Å². The molecule has 0 saturated carbocycles. The maximum absolute atomic E-state index is 13.6. The molecule has 0 bridgehead atoms. The lowest BCUT2D eigenvalue weighted by atomic mass is 9.66. The molecule has 1 N–H and O–H groups in total. The maximum Gasteiger partial charge on any atom is 0.251 e. The molecule has 0 aromatic heterocycles. The number of ether oxygens (including phenoxy) is 2. The number of amides is 1. The van der Waals surface area contributed by atoms with Gasteiger partial charge in [-0.3, -0.25) is 4.79 Å². The Bertz CT molecular complexity index is 904. The Morgan fingerprint density at radius 3 is 2.38 bits per heavy atom. The number of nitrogens with one attached hydrogen (secondary N) is 1. The van der Waals surface area contributed by atoms with E-state index in [1.54, 1.807) is 12.1 Å². The Labute approximate surface area is 191 Å². The van der Waals surface area contributed by atoms with Gasteiger partial charge in [-0.25, -0.2) is 4.39 Å². The van der Waals surface area contributed by atoms with Crippen LogP contribution in [0.4, 0.5) is 4.39 Å². The summed E-state index contributed by atoms with van der Waals surface area (Å²) in [5.74, 6) is 0.402. The van der Waals surface area contributed by atoms with Crippen molar-refractivity contribution in [3.63, 3.8) is 0 Å². The molecule has 0 spiro atoms. The number of benzene rings is 2. The summed E-state index contributed by atoms with van der Waals surface area (Å²) >= 11 is 0. The van der Waals surface area contributed by atoms with E-state index in [0.29, 0.717) is 18.7 Å². The number of hydrogen-bond acceptors (Lipinski definition) is 3. The maximum atomic E-state index is 13.6. The molecular weight excluding hydrogens is 405 g/mol. The molecule has 0 radical (unpaired) electrons. The van der Waals surface area contributed by atoms with Crippen molar-refractivity contribution in [3.05, 3.63) is 65.5 Å². The lowest BCUT2D eigenvalue weighted by molar-refractivity contribution is -0.0978. The molecule has 2 atom stereocenters. The lowest BCUT2D eigenvalue weighted by Gasteiger charge is -2.47. The summed E-state index contributed by atoms with van der Waals surface area (Å²) in [6.07, 6.45) is 3.37. The first-order valence-corrected chi connectivity index (χ1v) is 11.5. The molecule has 1 aliphatic heterocycles. The fraction of sp³-hybridized carbons (Fsp3) is 0.519. The van der Waals surface area contributed by atoms with Crippen LogP contribution in [0, 0.1) is 5.82 Å². The first-order valence-electron chi connectivity index (χ1n) is 11.5. The van der Waals surface area contributed by atoms with Gasteiger partial charge in [0, 0.05) is 24.1 Å². The molecular formula is C27H36FNO3. The van der Waals surface area contributed by atoms with Crippen molar-refractivity contribution in [1.82, 2.24) is 5.32 Å². The first-order chi connectivity index (χ1) is 15.0. The number of carbonyl (C=O) groups is 1. The molecule has 174 valence electrons. The predicted molar refractivity (Wildman–Crippen MR) is 126 cm³/mol. The normalized spacial score (nSPS) is 23.6. The van der Waals surface area contributed by atoms with E-state index in [4.69, 9.17) is 9.47 Å². The quantitative estimate of drug-likeness (QED) is 0.570. The van der Waals surface area contributed by atoms with Crippen LogP contribution >= 0.6 is 0 Å². The Morgan fingerprint density at radius 1 is 1.12 bits per heavy atom. The third-order valence-corrected chi connectivity index (χ3v) is 6.38. The van der Waals surface area contributed by atoms with Gasteiger partial charge in [0.25, 0.3) is 5.91 Å². The topological polar surface area (TPSA) is 47.6 Å². The molecule has 1 fully saturated rings. The van der Waals surface area contributed by atoms with E-state index in [9.17, 15) is 9.18 Å². The van der Waals surface area contributed by atoms with E-state index in [1.807, 2.05) is 45.0 Å². The zero-order chi connectivity index (χ0) is 23.4. The molecule has 32 heavy (non-hydrogen) atoms. The van der Waals surface area contributed by atoms with Crippen LogP contribution in [-0.4, -0.2) is 30.3 Å². The highest BCUT2D eigenvalue weighted by Gasteiger charge is 2.43. The van der Waals surface area contributed by atoms with Crippen LogP contribution in [0.3, 0.4) is 0 Å². The van der Waals surface area contributed by atoms with Crippen LogP contribution in [-0.2, 0) is 10.2 Å². The van der Waals surface area contributed by atoms with Crippen LogP contribution < -0.4 is 10.1 Å². The van der Waals surface area contributed by atoms with E-state index in [-0.39, 0.29) is 28.3 Å². The van der Waals surface area contributed by atoms with Crippen LogP contribution in [0.25, 0.3) is 0 Å². The summed E-state index contributed by atoms with van der Waals surface area (Å²) in [6.45, 7) is 11.4. The minimum absolute atomic E-state index is 0.105. The zero-order valence-corrected chi connectivity index (χ0v) is 20.0. The monoisotopic (exact) mass is 441 g/mol. The highest BCUT2D eigenvalue weighted by atomic mass is 19.1. The van der Waals surface area contributed by atoms with E-state index >= 15 is 0 Å². The number of halogens is 1. The van der Waals surface area contributed by atoms with Gasteiger partial charge < -0.3 is 14.8 Å². The fourth-order valence-electron chi connectivity index (χ4n) is 4.53. The summed E-state index contributed by atoms with van der Waals surface area (Å²) in [5, 5.41) is 3.07. The summed E-state index contributed by atoms with van der Waals surface area (Å²) in [7, 11) is 0.